The lowest BCUT2D eigenvalue weighted by atomic mass is 10.2. The Labute approximate surface area is 71.8 Å². The minimum atomic E-state index is 0.986. The molecule has 0 atom stereocenters. The van der Waals surface area contributed by atoms with Crippen molar-refractivity contribution in [3.05, 3.63) is 40.5 Å². The van der Waals surface area contributed by atoms with Crippen LogP contribution in [0.25, 0.3) is 12.2 Å². The van der Waals surface area contributed by atoms with Gasteiger partial charge in [0, 0.05) is 11.4 Å². The summed E-state index contributed by atoms with van der Waals surface area (Å²) in [6.07, 6.45) is 11.4. The summed E-state index contributed by atoms with van der Waals surface area (Å²) in [4.78, 5) is 4.31. The molecule has 0 N–H and O–H groups in total. The highest BCUT2D eigenvalue weighted by atomic mass is 14.6. The van der Waals surface area contributed by atoms with E-state index in [2.05, 4.69) is 36.2 Å². The number of rotatable bonds is 0. The van der Waals surface area contributed by atoms with Gasteiger partial charge in [-0.3, -0.25) is 4.98 Å². The molecule has 12 heavy (non-hydrogen) atoms. The van der Waals surface area contributed by atoms with Gasteiger partial charge in [-0.2, -0.15) is 0 Å². The summed E-state index contributed by atoms with van der Waals surface area (Å²) in [5.74, 6) is 0. The number of fused-ring (bicyclic) bond motifs is 1. The van der Waals surface area contributed by atoms with Crippen LogP contribution in [0.15, 0.2) is 24.4 Å². The molecule has 1 heterocycles. The van der Waals surface area contributed by atoms with Gasteiger partial charge in [-0.1, -0.05) is 24.3 Å². The van der Waals surface area contributed by atoms with Crippen molar-refractivity contribution in [2.45, 2.75) is 13.3 Å². The van der Waals surface area contributed by atoms with Gasteiger partial charge >= 0.3 is 0 Å². The number of hydrogen-bond acceptors (Lipinski definition) is 1. The van der Waals surface area contributed by atoms with Crippen molar-refractivity contribution in [3.63, 3.8) is 0 Å². The fraction of sp³-hybridized carbons (Fsp3) is 0.182. The maximum atomic E-state index is 4.31. The van der Waals surface area contributed by atoms with E-state index < -0.39 is 0 Å². The van der Waals surface area contributed by atoms with Crippen LogP contribution in [0.2, 0.25) is 0 Å². The van der Waals surface area contributed by atoms with Crippen molar-refractivity contribution >= 4 is 12.2 Å². The van der Waals surface area contributed by atoms with Gasteiger partial charge in [0.15, 0.2) is 0 Å². The molecule has 1 aromatic heterocycles. The third-order valence-electron chi connectivity index (χ3n) is 2.09. The number of hydrogen-bond donors (Lipinski definition) is 0. The first-order valence-corrected chi connectivity index (χ1v) is 4.16. The number of aromatic nitrogens is 1. The van der Waals surface area contributed by atoms with Crippen molar-refractivity contribution in [3.8, 4) is 0 Å². The Morgan fingerprint density at radius 1 is 1.42 bits per heavy atom. The zero-order valence-corrected chi connectivity index (χ0v) is 7.12. The summed E-state index contributed by atoms with van der Waals surface area (Å²) < 4.78 is 0. The molecule has 0 unspecified atom stereocenters. The zero-order valence-electron chi connectivity index (χ0n) is 7.12. The van der Waals surface area contributed by atoms with Gasteiger partial charge in [0.1, 0.15) is 0 Å². The van der Waals surface area contributed by atoms with Crippen LogP contribution in [0, 0.1) is 6.92 Å². The van der Waals surface area contributed by atoms with Gasteiger partial charge < -0.3 is 0 Å². The Morgan fingerprint density at radius 3 is 3.25 bits per heavy atom. The minimum absolute atomic E-state index is 0.986. The second-order valence-corrected chi connectivity index (χ2v) is 2.96. The monoisotopic (exact) mass is 157 g/mol. The van der Waals surface area contributed by atoms with E-state index in [1.165, 1.54) is 10.8 Å². The first kappa shape index (κ1) is 7.29. The van der Waals surface area contributed by atoms with Crippen molar-refractivity contribution in [1.82, 2.24) is 4.98 Å². The molecule has 1 nitrogen and oxygen atoms in total. The van der Waals surface area contributed by atoms with Gasteiger partial charge in [0.05, 0.1) is 5.35 Å². The van der Waals surface area contributed by atoms with Gasteiger partial charge in [-0.05, 0) is 25.0 Å². The van der Waals surface area contributed by atoms with Crippen LogP contribution >= 0.6 is 0 Å². The molecule has 0 aromatic carbocycles. The molecule has 0 spiro atoms. The van der Waals surface area contributed by atoms with E-state index >= 15 is 0 Å². The van der Waals surface area contributed by atoms with E-state index in [-0.39, 0.29) is 0 Å². The van der Waals surface area contributed by atoms with Gasteiger partial charge in [-0.15, -0.1) is 0 Å². The normalized spacial score (nSPS) is 14.1. The molecule has 1 heteroatoms. The van der Waals surface area contributed by atoms with Crippen molar-refractivity contribution in [2.75, 3.05) is 0 Å². The third kappa shape index (κ3) is 1.18. The highest BCUT2D eigenvalue weighted by molar-refractivity contribution is 5.44. The van der Waals surface area contributed by atoms with Crippen LogP contribution in [0.4, 0.5) is 0 Å². The number of pyridine rings is 1. The average molecular weight is 157 g/mol. The predicted molar refractivity (Wildman–Crippen MR) is 50.9 cm³/mol. The fourth-order valence-electron chi connectivity index (χ4n) is 1.39. The summed E-state index contributed by atoms with van der Waals surface area (Å²) in [6.45, 7) is 2.12. The van der Waals surface area contributed by atoms with E-state index in [1.54, 1.807) is 0 Å². The molecule has 1 aliphatic rings. The molecule has 0 amide bonds. The number of aryl methyl sites for hydroxylation is 1. The van der Waals surface area contributed by atoms with Crippen LogP contribution in [0.3, 0.4) is 0 Å². The summed E-state index contributed by atoms with van der Waals surface area (Å²) >= 11 is 0. The molecule has 0 fully saturated rings. The van der Waals surface area contributed by atoms with E-state index in [1.807, 2.05) is 12.3 Å². The van der Waals surface area contributed by atoms with Gasteiger partial charge in [0.25, 0.3) is 0 Å². The van der Waals surface area contributed by atoms with Crippen LogP contribution in [0.1, 0.15) is 12.0 Å². The van der Waals surface area contributed by atoms with Gasteiger partial charge in [-0.25, -0.2) is 0 Å². The maximum absolute atomic E-state index is 4.31. The molecule has 0 saturated carbocycles. The van der Waals surface area contributed by atoms with Gasteiger partial charge in [0.2, 0.25) is 0 Å². The Balaban J connectivity index is 2.87. The standard InChI is InChI=1S/C11H11N/c1-9-7-8-12-11-6-4-2-3-5-10(9)11/h2-3,5-8H,4H2,1H3. The molecule has 1 aliphatic carbocycles. The van der Waals surface area contributed by atoms with E-state index in [9.17, 15) is 0 Å². The molecule has 1 aromatic rings. The Bertz CT molecular complexity index is 427. The first-order valence-electron chi connectivity index (χ1n) is 4.16. The lowest BCUT2D eigenvalue weighted by Crippen LogP contribution is -2.29. The number of allylic oxidation sites excluding steroid dienone is 2. The first-order chi connectivity index (χ1) is 5.88. The second kappa shape index (κ2) is 2.94. The van der Waals surface area contributed by atoms with Crippen molar-refractivity contribution in [2.24, 2.45) is 0 Å². The topological polar surface area (TPSA) is 12.9 Å². The highest BCUT2D eigenvalue weighted by Crippen LogP contribution is 1.89. The molecular formula is C11H11N. The van der Waals surface area contributed by atoms with E-state index in [4.69, 9.17) is 0 Å². The molecule has 0 bridgehead atoms. The smallest absolute Gasteiger partial charge is 0.0667 e. The SMILES string of the molecule is Cc1ccnc2c1=CC=CCC=2. The van der Waals surface area contributed by atoms with Crippen molar-refractivity contribution in [1.29, 1.82) is 0 Å². The molecule has 60 valence electrons. The third-order valence-corrected chi connectivity index (χ3v) is 2.09. The number of nitrogens with zero attached hydrogens (tertiary/aromatic N) is 1. The fourth-order valence-corrected chi connectivity index (χ4v) is 1.39. The van der Waals surface area contributed by atoms with Crippen LogP contribution < -0.4 is 10.6 Å². The van der Waals surface area contributed by atoms with E-state index in [0.29, 0.717) is 0 Å². The average Bonchev–Trinajstić information content (AvgIpc) is 2.30. The Kier molecular flexibility index (Phi) is 1.78. The summed E-state index contributed by atoms with van der Waals surface area (Å²) in [6, 6.07) is 2.04. The minimum Gasteiger partial charge on any atom is -0.257 e. The molecular weight excluding hydrogens is 146 g/mol. The summed E-state index contributed by atoms with van der Waals surface area (Å²) in [7, 11) is 0. The molecule has 0 saturated heterocycles. The van der Waals surface area contributed by atoms with E-state index in [0.717, 1.165) is 11.8 Å². The summed E-state index contributed by atoms with van der Waals surface area (Å²) in [5.41, 5.74) is 1.29. The quantitative estimate of drug-likeness (QED) is 0.545. The molecule has 0 radical (unpaired) electrons. The summed E-state index contributed by atoms with van der Waals surface area (Å²) in [5, 5.41) is 2.37. The zero-order chi connectivity index (χ0) is 8.39. The molecule has 2 rings (SSSR count). The lowest BCUT2D eigenvalue weighted by molar-refractivity contribution is 1.17. The van der Waals surface area contributed by atoms with Crippen LogP contribution in [-0.4, -0.2) is 4.98 Å². The van der Waals surface area contributed by atoms with Crippen LogP contribution in [-0.2, 0) is 0 Å². The largest absolute Gasteiger partial charge is 0.257 e. The predicted octanol–water partition coefficient (Wildman–Crippen LogP) is 0.911. The Morgan fingerprint density at radius 2 is 2.33 bits per heavy atom. The molecule has 0 aliphatic heterocycles. The van der Waals surface area contributed by atoms with Crippen molar-refractivity contribution < 1.29 is 0 Å². The maximum Gasteiger partial charge on any atom is 0.0667 e. The highest BCUT2D eigenvalue weighted by Gasteiger charge is 1.91. The Hall–Kier alpha value is -1.37. The van der Waals surface area contributed by atoms with Crippen LogP contribution in [0.5, 0.6) is 0 Å². The lowest BCUT2D eigenvalue weighted by Gasteiger charge is -1.92. The second-order valence-electron chi connectivity index (χ2n) is 2.96.